The summed E-state index contributed by atoms with van der Waals surface area (Å²) in [6.45, 7) is 0. The van der Waals surface area contributed by atoms with Gasteiger partial charge in [0.05, 0.1) is 34.3 Å². The maximum Gasteiger partial charge on any atom is 0.295 e. The molecule has 0 bridgehead atoms. The van der Waals surface area contributed by atoms with Crippen LogP contribution in [0.2, 0.25) is 5.02 Å². The molecule has 8 heteroatoms. The van der Waals surface area contributed by atoms with Crippen LogP contribution in [0.5, 0.6) is 0 Å². The number of aromatic amines is 1. The fourth-order valence-corrected chi connectivity index (χ4v) is 4.39. The van der Waals surface area contributed by atoms with Gasteiger partial charge in [-0.15, -0.1) is 0 Å². The van der Waals surface area contributed by atoms with Gasteiger partial charge in [-0.25, -0.2) is 13.8 Å². The number of rotatable bonds is 3. The summed E-state index contributed by atoms with van der Waals surface area (Å²) in [7, 11) is 0. The number of fused-ring (bicyclic) bond motifs is 1. The number of benzene rings is 3. The number of halogens is 3. The Kier molecular flexibility index (Phi) is 4.55. The Bertz CT molecular complexity index is 1340. The lowest BCUT2D eigenvalue weighted by molar-refractivity contribution is -0.134. The molecule has 1 saturated heterocycles. The lowest BCUT2D eigenvalue weighted by Gasteiger charge is -2.29. The zero-order chi connectivity index (χ0) is 21.7. The van der Waals surface area contributed by atoms with Gasteiger partial charge in [0.15, 0.2) is 0 Å². The fourth-order valence-electron chi connectivity index (χ4n) is 4.13. The Morgan fingerprint density at radius 3 is 2.48 bits per heavy atom. The number of ketones is 1. The molecule has 1 aliphatic rings. The van der Waals surface area contributed by atoms with Gasteiger partial charge in [0.2, 0.25) is 5.78 Å². The number of nitrogens with zero attached hydrogens (tertiary/aromatic N) is 2. The van der Waals surface area contributed by atoms with E-state index in [0.717, 1.165) is 12.1 Å². The molecule has 154 valence electrons. The number of carbonyl (C=O) groups is 2. The first kappa shape index (κ1) is 19.4. The normalized spacial score (nSPS) is 18.9. The van der Waals surface area contributed by atoms with Gasteiger partial charge in [-0.1, -0.05) is 41.9 Å². The molecule has 1 N–H and O–H groups in total. The first-order valence-corrected chi connectivity index (χ1v) is 9.84. The minimum absolute atomic E-state index is 0.237. The average molecular weight is 438 g/mol. The predicted molar refractivity (Wildman–Crippen MR) is 112 cm³/mol. The summed E-state index contributed by atoms with van der Waals surface area (Å²) >= 11 is 6.18. The molecule has 2 heterocycles. The second kappa shape index (κ2) is 7.28. The Hall–Kier alpha value is -3.58. The standard InChI is InChI=1S/C23H14ClF2N3O2/c24-20-15(26)8-7-14(25)19(20)21-18(12-4-2-1-3-5-12)22(30)23(31)29(21)13-6-9-16-17(10-13)28-11-27-16/h1-11,18,21H,(H,27,28). The number of aromatic nitrogens is 2. The second-order valence-corrected chi connectivity index (χ2v) is 7.61. The van der Waals surface area contributed by atoms with Crippen molar-refractivity contribution in [3.8, 4) is 0 Å². The number of hydrogen-bond donors (Lipinski definition) is 1. The van der Waals surface area contributed by atoms with E-state index in [-0.39, 0.29) is 5.56 Å². The SMILES string of the molecule is O=C1C(=O)N(c2ccc3nc[nH]c3c2)C(c2c(F)ccc(F)c2Cl)C1c1ccccc1. The lowest BCUT2D eigenvalue weighted by Crippen LogP contribution is -2.30. The van der Waals surface area contributed by atoms with Gasteiger partial charge in [-0.2, -0.15) is 0 Å². The molecular formula is C23H14ClF2N3O2. The van der Waals surface area contributed by atoms with Crippen LogP contribution < -0.4 is 4.90 Å². The summed E-state index contributed by atoms with van der Waals surface area (Å²) in [6.07, 6.45) is 1.50. The van der Waals surface area contributed by atoms with Crippen LogP contribution in [0, 0.1) is 11.6 Å². The van der Waals surface area contributed by atoms with E-state index in [4.69, 9.17) is 11.6 Å². The van der Waals surface area contributed by atoms with E-state index in [9.17, 15) is 14.0 Å². The van der Waals surface area contributed by atoms with E-state index >= 15 is 4.39 Å². The van der Waals surface area contributed by atoms with E-state index in [0.29, 0.717) is 22.3 Å². The number of Topliss-reactive ketones (excluding diaryl/α,β-unsaturated/α-hetero) is 1. The van der Waals surface area contributed by atoms with E-state index in [1.54, 1.807) is 48.5 Å². The van der Waals surface area contributed by atoms with Crippen molar-refractivity contribution >= 4 is 40.0 Å². The zero-order valence-corrected chi connectivity index (χ0v) is 16.6. The topological polar surface area (TPSA) is 66.1 Å². The Morgan fingerprint density at radius 2 is 1.71 bits per heavy atom. The van der Waals surface area contributed by atoms with Gasteiger partial charge in [0.25, 0.3) is 5.91 Å². The third-order valence-corrected chi connectivity index (χ3v) is 5.91. The number of H-pyrrole nitrogens is 1. The smallest absolute Gasteiger partial charge is 0.295 e. The predicted octanol–water partition coefficient (Wildman–Crippen LogP) is 4.94. The van der Waals surface area contributed by atoms with Gasteiger partial charge in [-0.05, 0) is 35.9 Å². The van der Waals surface area contributed by atoms with Crippen LogP contribution in [-0.4, -0.2) is 21.7 Å². The zero-order valence-electron chi connectivity index (χ0n) is 15.9. The van der Waals surface area contributed by atoms with Gasteiger partial charge >= 0.3 is 0 Å². The minimum atomic E-state index is -1.16. The summed E-state index contributed by atoms with van der Waals surface area (Å²) in [5.74, 6) is -4.23. The van der Waals surface area contributed by atoms with E-state index in [2.05, 4.69) is 9.97 Å². The fraction of sp³-hybridized carbons (Fsp3) is 0.0870. The molecule has 0 aliphatic carbocycles. The van der Waals surface area contributed by atoms with Crippen molar-refractivity contribution in [2.24, 2.45) is 0 Å². The van der Waals surface area contributed by atoms with Crippen molar-refractivity contribution in [3.63, 3.8) is 0 Å². The summed E-state index contributed by atoms with van der Waals surface area (Å²) in [6, 6.07) is 14.2. The van der Waals surface area contributed by atoms with E-state index in [1.165, 1.54) is 11.2 Å². The molecule has 4 aromatic rings. The molecule has 2 atom stereocenters. The number of hydrogen-bond acceptors (Lipinski definition) is 3. The summed E-state index contributed by atoms with van der Waals surface area (Å²) in [5.41, 5.74) is 1.91. The first-order valence-electron chi connectivity index (χ1n) is 9.46. The van der Waals surface area contributed by atoms with Crippen molar-refractivity contribution in [2.45, 2.75) is 12.0 Å². The summed E-state index contributed by atoms with van der Waals surface area (Å²) < 4.78 is 29.3. The minimum Gasteiger partial charge on any atom is -0.345 e. The molecule has 31 heavy (non-hydrogen) atoms. The lowest BCUT2D eigenvalue weighted by atomic mass is 9.86. The largest absolute Gasteiger partial charge is 0.345 e. The number of amides is 1. The highest BCUT2D eigenvalue weighted by atomic mass is 35.5. The van der Waals surface area contributed by atoms with Gasteiger partial charge in [0.1, 0.15) is 11.6 Å². The molecule has 1 aromatic heterocycles. The molecule has 1 aliphatic heterocycles. The number of nitrogens with one attached hydrogen (secondary N) is 1. The molecule has 5 rings (SSSR count). The maximum absolute atomic E-state index is 15.0. The molecule has 1 amide bonds. The van der Waals surface area contributed by atoms with Crippen LogP contribution in [0.15, 0.2) is 67.0 Å². The van der Waals surface area contributed by atoms with Crippen molar-refractivity contribution < 1.29 is 18.4 Å². The molecular weight excluding hydrogens is 424 g/mol. The Balaban J connectivity index is 1.77. The number of anilines is 1. The molecule has 2 unspecified atom stereocenters. The van der Waals surface area contributed by atoms with Gasteiger partial charge in [0, 0.05) is 11.3 Å². The maximum atomic E-state index is 15.0. The highest BCUT2D eigenvalue weighted by molar-refractivity contribution is 6.46. The summed E-state index contributed by atoms with van der Waals surface area (Å²) in [4.78, 5) is 34.5. The van der Waals surface area contributed by atoms with Crippen LogP contribution in [0.25, 0.3) is 11.0 Å². The Labute approximate surface area is 180 Å². The summed E-state index contributed by atoms with van der Waals surface area (Å²) in [5, 5.41) is -0.457. The first-order chi connectivity index (χ1) is 15.0. The van der Waals surface area contributed by atoms with E-state index in [1.807, 2.05) is 0 Å². The van der Waals surface area contributed by atoms with Gasteiger partial charge in [-0.3, -0.25) is 14.5 Å². The monoisotopic (exact) mass is 437 g/mol. The Morgan fingerprint density at radius 1 is 0.968 bits per heavy atom. The highest BCUT2D eigenvalue weighted by Crippen LogP contribution is 2.48. The quantitative estimate of drug-likeness (QED) is 0.365. The number of imidazole rings is 1. The van der Waals surface area contributed by atoms with Crippen molar-refractivity contribution in [2.75, 3.05) is 4.90 Å². The van der Waals surface area contributed by atoms with E-state index < -0.39 is 40.3 Å². The van der Waals surface area contributed by atoms with Crippen molar-refractivity contribution in [3.05, 3.63) is 94.8 Å². The van der Waals surface area contributed by atoms with Gasteiger partial charge < -0.3 is 4.98 Å². The van der Waals surface area contributed by atoms with Crippen molar-refractivity contribution in [1.29, 1.82) is 0 Å². The molecule has 1 fully saturated rings. The highest BCUT2D eigenvalue weighted by Gasteiger charge is 2.51. The molecule has 5 nitrogen and oxygen atoms in total. The van der Waals surface area contributed by atoms with Crippen LogP contribution in [0.1, 0.15) is 23.1 Å². The molecule has 0 spiro atoms. The molecule has 0 saturated carbocycles. The second-order valence-electron chi connectivity index (χ2n) is 7.23. The van der Waals surface area contributed by atoms with Crippen LogP contribution in [-0.2, 0) is 9.59 Å². The average Bonchev–Trinajstić information content (AvgIpc) is 3.34. The molecule has 3 aromatic carbocycles. The van der Waals surface area contributed by atoms with Crippen LogP contribution in [0.3, 0.4) is 0 Å². The van der Waals surface area contributed by atoms with Crippen LogP contribution >= 0.6 is 11.6 Å². The van der Waals surface area contributed by atoms with Crippen molar-refractivity contribution in [1.82, 2.24) is 9.97 Å². The third-order valence-electron chi connectivity index (χ3n) is 5.52. The van der Waals surface area contributed by atoms with Crippen LogP contribution in [0.4, 0.5) is 14.5 Å². The molecule has 0 radical (unpaired) electrons. The third kappa shape index (κ3) is 3.00. The number of carbonyl (C=O) groups excluding carboxylic acids is 2.